The van der Waals surface area contributed by atoms with Crippen LogP contribution in [0.2, 0.25) is 5.02 Å². The monoisotopic (exact) mass is 480 g/mol. The largest absolute Gasteiger partial charge is 0.497 e. The second kappa shape index (κ2) is 9.13. The van der Waals surface area contributed by atoms with Crippen molar-refractivity contribution in [2.45, 2.75) is 43.9 Å². The van der Waals surface area contributed by atoms with E-state index in [1.807, 2.05) is 11.9 Å². The van der Waals surface area contributed by atoms with Crippen molar-refractivity contribution in [2.24, 2.45) is 0 Å². The van der Waals surface area contributed by atoms with Gasteiger partial charge >= 0.3 is 6.18 Å². The molecule has 6 nitrogen and oxygen atoms in total. The minimum absolute atomic E-state index is 0.0283. The molecule has 0 spiro atoms. The van der Waals surface area contributed by atoms with Gasteiger partial charge in [-0.1, -0.05) is 11.6 Å². The second-order valence-electron chi connectivity index (χ2n) is 8.18. The number of rotatable bonds is 5. The van der Waals surface area contributed by atoms with Crippen LogP contribution in [0.5, 0.6) is 5.75 Å². The van der Waals surface area contributed by atoms with Crippen molar-refractivity contribution in [3.63, 3.8) is 0 Å². The third-order valence-electron chi connectivity index (χ3n) is 6.11. The van der Waals surface area contributed by atoms with E-state index in [0.29, 0.717) is 22.2 Å². The number of amides is 1. The highest BCUT2D eigenvalue weighted by molar-refractivity contribution is 6.33. The van der Waals surface area contributed by atoms with Gasteiger partial charge in [-0.2, -0.15) is 13.2 Å². The van der Waals surface area contributed by atoms with Crippen molar-refractivity contribution in [1.82, 2.24) is 14.7 Å². The number of carbonyl (C=O) groups excluding carboxylic acids is 1. The number of fused-ring (bicyclic) bond motifs is 1. The standard InChI is InChI=1S/C23H24ClF3N4O2/c1-30(22-18(24)11-12-20-29-19(13-31(20)22)23(25,26)27)16-7-5-15(6-8-16)28-21(32)14-3-9-17(33-2)10-4-14/h3-4,9-13,15-16H,5-8H2,1-2H3,(H,28,32). The molecule has 0 aliphatic heterocycles. The minimum Gasteiger partial charge on any atom is -0.497 e. The predicted octanol–water partition coefficient (Wildman–Crippen LogP) is 5.19. The van der Waals surface area contributed by atoms with Crippen LogP contribution in [0.4, 0.5) is 19.0 Å². The minimum atomic E-state index is -4.53. The van der Waals surface area contributed by atoms with Crippen molar-refractivity contribution in [3.8, 4) is 5.75 Å². The third kappa shape index (κ3) is 4.88. The van der Waals surface area contributed by atoms with Gasteiger partial charge in [-0.3, -0.25) is 9.20 Å². The summed E-state index contributed by atoms with van der Waals surface area (Å²) < 4.78 is 46.0. The lowest BCUT2D eigenvalue weighted by atomic mass is 9.90. The van der Waals surface area contributed by atoms with Gasteiger partial charge in [0.1, 0.15) is 17.2 Å². The maximum absolute atomic E-state index is 13.2. The Morgan fingerprint density at radius 2 is 1.82 bits per heavy atom. The van der Waals surface area contributed by atoms with Crippen LogP contribution in [0.15, 0.2) is 42.6 Å². The van der Waals surface area contributed by atoms with Gasteiger partial charge in [-0.25, -0.2) is 4.98 Å². The molecule has 0 atom stereocenters. The zero-order chi connectivity index (χ0) is 23.8. The normalized spacial score (nSPS) is 18.8. The molecular formula is C23H24ClF3N4O2. The molecule has 10 heteroatoms. The summed E-state index contributed by atoms with van der Waals surface area (Å²) in [5.41, 5.74) is -0.201. The maximum atomic E-state index is 13.2. The number of alkyl halides is 3. The SMILES string of the molecule is COc1ccc(C(=O)NC2CCC(N(C)c3c(Cl)ccc4nc(C(F)(F)F)cn34)CC2)cc1. The summed E-state index contributed by atoms with van der Waals surface area (Å²) in [7, 11) is 3.40. The van der Waals surface area contributed by atoms with Crippen LogP contribution in [0, 0.1) is 0 Å². The molecular weight excluding hydrogens is 457 g/mol. The number of methoxy groups -OCH3 is 1. The molecule has 0 unspecified atom stereocenters. The van der Waals surface area contributed by atoms with Gasteiger partial charge in [0, 0.05) is 30.9 Å². The fourth-order valence-corrected chi connectivity index (χ4v) is 4.57. The summed E-state index contributed by atoms with van der Waals surface area (Å²) in [6.07, 6.45) is -0.526. The molecule has 2 heterocycles. The number of nitrogens with one attached hydrogen (secondary N) is 1. The highest BCUT2D eigenvalue weighted by atomic mass is 35.5. The molecule has 3 aromatic rings. The Morgan fingerprint density at radius 3 is 2.42 bits per heavy atom. The van der Waals surface area contributed by atoms with Crippen molar-refractivity contribution >= 4 is 29.0 Å². The third-order valence-corrected chi connectivity index (χ3v) is 6.41. The molecule has 1 N–H and O–H groups in total. The Labute approximate surface area is 194 Å². The van der Waals surface area contributed by atoms with E-state index in [4.69, 9.17) is 16.3 Å². The first-order valence-electron chi connectivity index (χ1n) is 10.6. The molecule has 4 rings (SSSR count). The summed E-state index contributed by atoms with van der Waals surface area (Å²) >= 11 is 6.39. The van der Waals surface area contributed by atoms with E-state index in [-0.39, 0.29) is 23.6 Å². The van der Waals surface area contributed by atoms with Gasteiger partial charge in [0.2, 0.25) is 0 Å². The van der Waals surface area contributed by atoms with E-state index in [1.165, 1.54) is 10.5 Å². The number of nitrogens with zero attached hydrogens (tertiary/aromatic N) is 3. The van der Waals surface area contributed by atoms with E-state index in [2.05, 4.69) is 10.3 Å². The van der Waals surface area contributed by atoms with Crippen LogP contribution in [0.1, 0.15) is 41.7 Å². The van der Waals surface area contributed by atoms with Crippen LogP contribution in [0.3, 0.4) is 0 Å². The average Bonchev–Trinajstić information content (AvgIpc) is 3.24. The fraction of sp³-hybridized carbons (Fsp3) is 0.391. The van der Waals surface area contributed by atoms with Crippen molar-refractivity contribution < 1.29 is 22.7 Å². The van der Waals surface area contributed by atoms with Gasteiger partial charge in [-0.05, 0) is 62.1 Å². The van der Waals surface area contributed by atoms with Gasteiger partial charge in [0.15, 0.2) is 5.69 Å². The van der Waals surface area contributed by atoms with Gasteiger partial charge in [-0.15, -0.1) is 0 Å². The Hall–Kier alpha value is -2.94. The number of anilines is 1. The first-order valence-corrected chi connectivity index (χ1v) is 11.0. The van der Waals surface area contributed by atoms with E-state index in [9.17, 15) is 18.0 Å². The molecule has 1 fully saturated rings. The Kier molecular flexibility index (Phi) is 6.43. The molecule has 0 bridgehead atoms. The smallest absolute Gasteiger partial charge is 0.434 e. The number of halogens is 4. The zero-order valence-corrected chi connectivity index (χ0v) is 19.0. The zero-order valence-electron chi connectivity index (χ0n) is 18.2. The van der Waals surface area contributed by atoms with Gasteiger partial charge < -0.3 is 15.0 Å². The highest BCUT2D eigenvalue weighted by Crippen LogP contribution is 2.35. The van der Waals surface area contributed by atoms with Gasteiger partial charge in [0.25, 0.3) is 5.91 Å². The molecule has 0 radical (unpaired) electrons. The van der Waals surface area contributed by atoms with Crippen LogP contribution >= 0.6 is 11.6 Å². The van der Waals surface area contributed by atoms with Crippen molar-refractivity contribution in [2.75, 3.05) is 19.1 Å². The Balaban J connectivity index is 1.43. The summed E-state index contributed by atoms with van der Waals surface area (Å²) in [6.45, 7) is 0. The summed E-state index contributed by atoms with van der Waals surface area (Å²) in [4.78, 5) is 18.2. The summed E-state index contributed by atoms with van der Waals surface area (Å²) in [5, 5.41) is 3.42. The van der Waals surface area contributed by atoms with Crippen LogP contribution < -0.4 is 15.0 Å². The van der Waals surface area contributed by atoms with E-state index >= 15 is 0 Å². The molecule has 1 aliphatic rings. The first-order chi connectivity index (χ1) is 15.7. The molecule has 2 aromatic heterocycles. The highest BCUT2D eigenvalue weighted by Gasteiger charge is 2.35. The number of hydrogen-bond donors (Lipinski definition) is 1. The molecule has 1 saturated carbocycles. The van der Waals surface area contributed by atoms with Crippen LogP contribution in [-0.4, -0.2) is 41.5 Å². The number of benzene rings is 1. The number of hydrogen-bond acceptors (Lipinski definition) is 4. The lowest BCUT2D eigenvalue weighted by Gasteiger charge is -2.36. The van der Waals surface area contributed by atoms with E-state index in [1.54, 1.807) is 37.4 Å². The van der Waals surface area contributed by atoms with E-state index in [0.717, 1.165) is 31.9 Å². The fourth-order valence-electron chi connectivity index (χ4n) is 4.29. The Morgan fingerprint density at radius 1 is 1.15 bits per heavy atom. The molecule has 176 valence electrons. The number of ether oxygens (including phenoxy) is 1. The molecule has 1 aromatic carbocycles. The average molecular weight is 481 g/mol. The molecule has 1 aliphatic carbocycles. The maximum Gasteiger partial charge on any atom is 0.434 e. The topological polar surface area (TPSA) is 58.9 Å². The first kappa shape index (κ1) is 23.2. The molecule has 33 heavy (non-hydrogen) atoms. The lowest BCUT2D eigenvalue weighted by Crippen LogP contribution is -2.43. The number of aromatic nitrogens is 2. The summed E-state index contributed by atoms with van der Waals surface area (Å²) in [5.74, 6) is 1.02. The van der Waals surface area contributed by atoms with Crippen molar-refractivity contribution in [1.29, 1.82) is 0 Å². The van der Waals surface area contributed by atoms with Crippen LogP contribution in [-0.2, 0) is 6.18 Å². The number of carbonyl (C=O) groups is 1. The molecule has 1 amide bonds. The predicted molar refractivity (Wildman–Crippen MR) is 120 cm³/mol. The second-order valence-corrected chi connectivity index (χ2v) is 8.58. The van der Waals surface area contributed by atoms with Crippen molar-refractivity contribution in [3.05, 3.63) is 58.9 Å². The molecule has 0 saturated heterocycles. The quantitative estimate of drug-likeness (QED) is 0.546. The number of pyridine rings is 1. The lowest BCUT2D eigenvalue weighted by molar-refractivity contribution is -0.140. The van der Waals surface area contributed by atoms with Crippen LogP contribution in [0.25, 0.3) is 5.65 Å². The van der Waals surface area contributed by atoms with Gasteiger partial charge in [0.05, 0.1) is 12.1 Å². The Bertz CT molecular complexity index is 1140. The summed E-state index contributed by atoms with van der Waals surface area (Å²) in [6, 6.07) is 10.1. The van der Waals surface area contributed by atoms with E-state index < -0.39 is 11.9 Å². The number of imidazole rings is 1.